The van der Waals surface area contributed by atoms with Gasteiger partial charge in [0.15, 0.2) is 27.2 Å². The van der Waals surface area contributed by atoms with Crippen LogP contribution in [0.1, 0.15) is 46.6 Å². The minimum atomic E-state index is -0.192. The summed E-state index contributed by atoms with van der Waals surface area (Å²) in [6.07, 6.45) is 0.957. The molecule has 3 aromatic rings. The highest BCUT2D eigenvalue weighted by Gasteiger charge is 2.65. The first kappa shape index (κ1) is 21.1. The predicted molar refractivity (Wildman–Crippen MR) is 131 cm³/mol. The quantitative estimate of drug-likeness (QED) is 0.594. The van der Waals surface area contributed by atoms with Gasteiger partial charge in [-0.05, 0) is 74.1 Å². The third kappa shape index (κ3) is 2.97. The molecule has 0 saturated heterocycles. The van der Waals surface area contributed by atoms with Crippen molar-refractivity contribution in [1.82, 2.24) is 9.40 Å². The predicted octanol–water partition coefficient (Wildman–Crippen LogP) is 3.26. The second-order valence-corrected chi connectivity index (χ2v) is 11.4. The molecule has 7 nitrogen and oxygen atoms in total. The van der Waals surface area contributed by atoms with E-state index in [9.17, 15) is 5.11 Å². The highest BCUT2D eigenvalue weighted by atomic mass is 16.3. The lowest BCUT2D eigenvalue weighted by atomic mass is 9.71. The van der Waals surface area contributed by atoms with E-state index in [1.807, 2.05) is 54.6 Å². The minimum Gasteiger partial charge on any atom is -0.502 e. The van der Waals surface area contributed by atoms with Crippen molar-refractivity contribution in [2.24, 2.45) is 25.8 Å². The molecule has 2 spiro atoms. The molecule has 0 atom stereocenters. The fraction of sp³-hybridized carbons (Fsp3) is 0.333. The number of benzene rings is 3. The number of hydrogen-bond acceptors (Lipinski definition) is 5. The van der Waals surface area contributed by atoms with Crippen LogP contribution in [-0.4, -0.2) is 11.8 Å². The average molecular weight is 455 g/mol. The van der Waals surface area contributed by atoms with Crippen LogP contribution < -0.4 is 30.8 Å². The molecule has 0 unspecified atom stereocenters. The number of quaternary nitrogens is 2. The molecule has 0 fully saturated rings. The fourth-order valence-corrected chi connectivity index (χ4v) is 6.02. The third-order valence-electron chi connectivity index (χ3n) is 6.80. The molecule has 0 saturated carbocycles. The number of phenolic OH excluding ortho intramolecular Hbond substituents is 1. The fourth-order valence-electron chi connectivity index (χ4n) is 6.02. The van der Waals surface area contributed by atoms with Crippen molar-refractivity contribution < 1.29 is 5.11 Å². The number of phenols is 1. The maximum absolute atomic E-state index is 11.3. The molecule has 0 aromatic heterocycles. The van der Waals surface area contributed by atoms with Crippen molar-refractivity contribution in [3.05, 3.63) is 87.7 Å². The van der Waals surface area contributed by atoms with Gasteiger partial charge in [0.25, 0.3) is 11.4 Å². The van der Waals surface area contributed by atoms with E-state index in [-0.39, 0.29) is 26.0 Å². The zero-order chi connectivity index (χ0) is 23.9. The van der Waals surface area contributed by atoms with Crippen molar-refractivity contribution in [3.8, 4) is 5.75 Å². The molecule has 3 heterocycles. The van der Waals surface area contributed by atoms with Gasteiger partial charge in [-0.2, -0.15) is 0 Å². The molecule has 3 aromatic carbocycles. The molecule has 172 valence electrons. The maximum Gasteiger partial charge on any atom is 0.316 e. The summed E-state index contributed by atoms with van der Waals surface area (Å²) in [7, 11) is 0. The van der Waals surface area contributed by atoms with Crippen LogP contribution >= 0.6 is 0 Å². The van der Waals surface area contributed by atoms with Crippen LogP contribution in [0.2, 0.25) is 0 Å². The second-order valence-electron chi connectivity index (χ2n) is 11.4. The van der Waals surface area contributed by atoms with Crippen molar-refractivity contribution >= 4 is 11.4 Å². The van der Waals surface area contributed by atoms with E-state index in [1.54, 1.807) is 6.07 Å². The molecule has 3 aliphatic heterocycles. The van der Waals surface area contributed by atoms with Gasteiger partial charge < -0.3 is 5.11 Å². The van der Waals surface area contributed by atoms with Crippen LogP contribution in [0.15, 0.2) is 81.1 Å². The topological polar surface area (TPSA) is 69.7 Å². The standard InChI is InChI=1S/C27H29N6O/c1-26(2,3)16-27(4,5)18-14-15-23(34)25-24(18)32(28-19-10-6-7-11-20(19)29-32)17-33(25)30-21-12-8-9-13-22(21)31-33/h6-15H,16-17H2,1-5H3/q+1/p+1. The Kier molecular flexibility index (Phi) is 4.09. The Hall–Kier alpha value is -3.42. The molecule has 0 amide bonds. The molecular formula is C27H30N6O+2. The summed E-state index contributed by atoms with van der Waals surface area (Å²) in [5, 5.41) is 35.0. The Balaban J connectivity index is 1.70. The van der Waals surface area contributed by atoms with Crippen molar-refractivity contribution in [3.63, 3.8) is 0 Å². The highest BCUT2D eigenvalue weighted by Crippen LogP contribution is 2.57. The van der Waals surface area contributed by atoms with E-state index in [0.717, 1.165) is 39.1 Å². The molecule has 1 N–H and O–H groups in total. The summed E-state index contributed by atoms with van der Waals surface area (Å²) in [6, 6.07) is 19.6. The van der Waals surface area contributed by atoms with E-state index < -0.39 is 0 Å². The smallest absolute Gasteiger partial charge is 0.316 e. The molecule has 6 rings (SSSR count). The first-order valence-corrected chi connectivity index (χ1v) is 11.8. The Bertz CT molecular complexity index is 1530. The van der Waals surface area contributed by atoms with Gasteiger partial charge in [0, 0.05) is 15.0 Å². The lowest BCUT2D eigenvalue weighted by molar-refractivity contribution is 0.180. The first-order valence-electron chi connectivity index (χ1n) is 11.8. The number of nitrogens with zero attached hydrogens (tertiary/aromatic N) is 6. The van der Waals surface area contributed by atoms with Crippen LogP contribution in [0.3, 0.4) is 0 Å². The van der Waals surface area contributed by atoms with Gasteiger partial charge in [-0.1, -0.05) is 58.9 Å². The Morgan fingerprint density at radius 1 is 0.676 bits per heavy atom. The van der Waals surface area contributed by atoms with Crippen LogP contribution in [-0.2, 0) is 5.41 Å². The van der Waals surface area contributed by atoms with E-state index in [1.165, 1.54) is 0 Å². The molecule has 7 heteroatoms. The molecule has 34 heavy (non-hydrogen) atoms. The maximum atomic E-state index is 11.3. The van der Waals surface area contributed by atoms with Gasteiger partial charge in [0.2, 0.25) is 0 Å². The average Bonchev–Trinajstić information content (AvgIpc) is 3.37. The van der Waals surface area contributed by atoms with E-state index in [4.69, 9.17) is 20.4 Å². The summed E-state index contributed by atoms with van der Waals surface area (Å²) >= 11 is 0. The van der Waals surface area contributed by atoms with Gasteiger partial charge in [-0.25, -0.2) is 0 Å². The highest BCUT2D eigenvalue weighted by molar-refractivity contribution is 5.80. The molecule has 3 aliphatic rings. The molecule has 0 aliphatic carbocycles. The minimum absolute atomic E-state index is 0.00697. The zero-order valence-electron chi connectivity index (χ0n) is 20.3. The van der Waals surface area contributed by atoms with E-state index in [0.29, 0.717) is 12.4 Å². The van der Waals surface area contributed by atoms with Crippen molar-refractivity contribution in [2.75, 3.05) is 6.67 Å². The normalized spacial score (nSPS) is 18.5. The third-order valence-corrected chi connectivity index (χ3v) is 6.80. The van der Waals surface area contributed by atoms with Crippen molar-refractivity contribution in [1.29, 1.82) is 0 Å². The summed E-state index contributed by atoms with van der Waals surface area (Å²) in [4.78, 5) is 0. The zero-order valence-corrected chi connectivity index (χ0v) is 20.3. The number of hydrogen-bond donors (Lipinski definition) is 1. The molecular weight excluding hydrogens is 424 g/mol. The number of aromatic hydroxyl groups is 1. The van der Waals surface area contributed by atoms with E-state index in [2.05, 4.69) is 34.6 Å². The monoisotopic (exact) mass is 454 g/mol. The van der Waals surface area contributed by atoms with Crippen LogP contribution in [0.5, 0.6) is 5.75 Å². The van der Waals surface area contributed by atoms with Crippen molar-refractivity contribution in [2.45, 2.75) is 46.5 Å². The van der Waals surface area contributed by atoms with Crippen LogP contribution in [0.25, 0.3) is 0 Å². The number of fused-ring (bicyclic) bond motifs is 5. The van der Waals surface area contributed by atoms with Gasteiger partial charge in [0.05, 0.1) is 0 Å². The molecule has 0 radical (unpaired) electrons. The largest absolute Gasteiger partial charge is 0.502 e. The van der Waals surface area contributed by atoms with E-state index >= 15 is 0 Å². The summed E-state index contributed by atoms with van der Waals surface area (Å²) < 4.78 is -0.103. The summed E-state index contributed by atoms with van der Waals surface area (Å²) in [6.45, 7) is 11.7. The Morgan fingerprint density at radius 3 is 1.56 bits per heavy atom. The lowest BCUT2D eigenvalue weighted by Crippen LogP contribution is -2.48. The first-order chi connectivity index (χ1) is 16.0. The van der Waals surface area contributed by atoms with Gasteiger partial charge in [-0.3, -0.25) is 0 Å². The Labute approximate surface area is 198 Å². The summed E-state index contributed by atoms with van der Waals surface area (Å²) in [5.41, 5.74) is 2.58. The van der Waals surface area contributed by atoms with Gasteiger partial charge in [-0.15, -0.1) is 0 Å². The van der Waals surface area contributed by atoms with Gasteiger partial charge in [0.1, 0.15) is 0 Å². The van der Waals surface area contributed by atoms with Gasteiger partial charge >= 0.3 is 6.67 Å². The second kappa shape index (κ2) is 6.58. The summed E-state index contributed by atoms with van der Waals surface area (Å²) in [5.74, 6) is 0.168. The molecule has 0 bridgehead atoms. The number of rotatable bonds is 2. The Morgan fingerprint density at radius 2 is 1.12 bits per heavy atom. The van der Waals surface area contributed by atoms with Crippen LogP contribution in [0, 0.1) is 5.41 Å². The lowest BCUT2D eigenvalue weighted by Gasteiger charge is -2.33. The SMILES string of the molecule is CC(C)(C)CC(C)(C)c1ccc(O)c2c1[N+]1(C[N+]23N=c2ccccc2=N3)N=c2ccccc2=N1. The van der Waals surface area contributed by atoms with Crippen LogP contribution in [0.4, 0.5) is 11.4 Å².